The number of carboxylic acids is 1. The standard InChI is InChI=1S/C10H9BrO3/c11-8-3-1-2-7-6(8)4-5-14-9(7)10(12)13/h1-3,9H,4-5H2,(H,12,13)/t9-/m1/s1. The molecule has 1 aromatic carbocycles. The number of rotatable bonds is 1. The smallest absolute Gasteiger partial charge is 0.337 e. The normalized spacial score (nSPS) is 20.2. The Kier molecular flexibility index (Phi) is 2.56. The molecule has 4 heteroatoms. The number of carbonyl (C=O) groups is 1. The molecule has 74 valence electrons. The molecule has 1 aliphatic heterocycles. The van der Waals surface area contributed by atoms with Gasteiger partial charge in [-0.25, -0.2) is 4.79 Å². The van der Waals surface area contributed by atoms with E-state index in [0.29, 0.717) is 6.61 Å². The summed E-state index contributed by atoms with van der Waals surface area (Å²) >= 11 is 3.41. The number of hydrogen-bond acceptors (Lipinski definition) is 2. The average molecular weight is 257 g/mol. The Morgan fingerprint density at radius 3 is 3.07 bits per heavy atom. The van der Waals surface area contributed by atoms with Crippen LogP contribution in [0.1, 0.15) is 17.2 Å². The van der Waals surface area contributed by atoms with Gasteiger partial charge in [-0.1, -0.05) is 28.1 Å². The van der Waals surface area contributed by atoms with Crippen molar-refractivity contribution in [1.82, 2.24) is 0 Å². The summed E-state index contributed by atoms with van der Waals surface area (Å²) in [5.74, 6) is -0.927. The fourth-order valence-corrected chi connectivity index (χ4v) is 2.24. The van der Waals surface area contributed by atoms with Crippen molar-refractivity contribution in [1.29, 1.82) is 0 Å². The molecule has 0 bridgehead atoms. The van der Waals surface area contributed by atoms with Crippen LogP contribution < -0.4 is 0 Å². The molecule has 0 radical (unpaired) electrons. The van der Waals surface area contributed by atoms with E-state index in [4.69, 9.17) is 9.84 Å². The monoisotopic (exact) mass is 256 g/mol. The summed E-state index contributed by atoms with van der Waals surface area (Å²) in [5.41, 5.74) is 1.81. The Labute approximate surface area is 89.8 Å². The van der Waals surface area contributed by atoms with E-state index in [9.17, 15) is 4.79 Å². The largest absolute Gasteiger partial charge is 0.479 e. The Balaban J connectivity index is 2.49. The summed E-state index contributed by atoms with van der Waals surface area (Å²) in [6.45, 7) is 0.465. The lowest BCUT2D eigenvalue weighted by atomic mass is 9.98. The van der Waals surface area contributed by atoms with Gasteiger partial charge in [-0.3, -0.25) is 0 Å². The van der Waals surface area contributed by atoms with E-state index >= 15 is 0 Å². The first-order chi connectivity index (χ1) is 6.70. The van der Waals surface area contributed by atoms with Gasteiger partial charge in [0.2, 0.25) is 0 Å². The van der Waals surface area contributed by atoms with Crippen LogP contribution in [0, 0.1) is 0 Å². The van der Waals surface area contributed by atoms with Crippen molar-refractivity contribution in [3.63, 3.8) is 0 Å². The summed E-state index contributed by atoms with van der Waals surface area (Å²) in [7, 11) is 0. The van der Waals surface area contributed by atoms with Crippen LogP contribution in [-0.2, 0) is 16.0 Å². The first kappa shape index (κ1) is 9.68. The summed E-state index contributed by atoms with van der Waals surface area (Å²) in [6, 6.07) is 5.55. The molecule has 0 aromatic heterocycles. The second-order valence-corrected chi connectivity index (χ2v) is 4.00. The first-order valence-corrected chi connectivity index (χ1v) is 5.11. The van der Waals surface area contributed by atoms with Crippen molar-refractivity contribution in [3.8, 4) is 0 Å². The maximum Gasteiger partial charge on any atom is 0.337 e. The highest BCUT2D eigenvalue weighted by Crippen LogP contribution is 2.31. The van der Waals surface area contributed by atoms with E-state index < -0.39 is 12.1 Å². The summed E-state index contributed by atoms with van der Waals surface area (Å²) in [4.78, 5) is 10.9. The molecular formula is C10H9BrO3. The lowest BCUT2D eigenvalue weighted by Gasteiger charge is -2.23. The minimum absolute atomic E-state index is 0.465. The Morgan fingerprint density at radius 2 is 2.36 bits per heavy atom. The number of carboxylic acid groups (broad SMARTS) is 1. The highest BCUT2D eigenvalue weighted by atomic mass is 79.9. The van der Waals surface area contributed by atoms with Gasteiger partial charge < -0.3 is 9.84 Å². The topological polar surface area (TPSA) is 46.5 Å². The van der Waals surface area contributed by atoms with E-state index in [0.717, 1.165) is 22.0 Å². The van der Waals surface area contributed by atoms with Crippen molar-refractivity contribution in [2.75, 3.05) is 6.61 Å². The Hall–Kier alpha value is -0.870. The van der Waals surface area contributed by atoms with Gasteiger partial charge in [0.25, 0.3) is 0 Å². The number of aliphatic carboxylic acids is 1. The SMILES string of the molecule is O=C(O)[C@@H]1OCCc2c(Br)cccc21. The molecule has 2 rings (SSSR count). The number of fused-ring (bicyclic) bond motifs is 1. The van der Waals surface area contributed by atoms with Gasteiger partial charge in [0.15, 0.2) is 6.10 Å². The van der Waals surface area contributed by atoms with E-state index in [-0.39, 0.29) is 0 Å². The zero-order valence-corrected chi connectivity index (χ0v) is 8.95. The van der Waals surface area contributed by atoms with E-state index in [1.54, 1.807) is 6.07 Å². The van der Waals surface area contributed by atoms with Crippen molar-refractivity contribution in [3.05, 3.63) is 33.8 Å². The van der Waals surface area contributed by atoms with Crippen LogP contribution in [0.2, 0.25) is 0 Å². The molecule has 0 spiro atoms. The van der Waals surface area contributed by atoms with Crippen molar-refractivity contribution in [2.24, 2.45) is 0 Å². The molecule has 1 aliphatic rings. The van der Waals surface area contributed by atoms with Gasteiger partial charge >= 0.3 is 5.97 Å². The average Bonchev–Trinajstić information content (AvgIpc) is 2.17. The minimum atomic E-state index is -0.927. The highest BCUT2D eigenvalue weighted by molar-refractivity contribution is 9.10. The Morgan fingerprint density at radius 1 is 1.57 bits per heavy atom. The number of hydrogen-bond donors (Lipinski definition) is 1. The number of benzene rings is 1. The summed E-state index contributed by atoms with van der Waals surface area (Å²) < 4.78 is 6.16. The quantitative estimate of drug-likeness (QED) is 0.838. The van der Waals surface area contributed by atoms with E-state index in [1.807, 2.05) is 12.1 Å². The molecule has 3 nitrogen and oxygen atoms in total. The fraction of sp³-hybridized carbons (Fsp3) is 0.300. The highest BCUT2D eigenvalue weighted by Gasteiger charge is 2.27. The number of ether oxygens (including phenoxy) is 1. The molecule has 14 heavy (non-hydrogen) atoms. The molecule has 1 heterocycles. The van der Waals surface area contributed by atoms with Crippen LogP contribution in [0.15, 0.2) is 22.7 Å². The van der Waals surface area contributed by atoms with Crippen molar-refractivity contribution in [2.45, 2.75) is 12.5 Å². The first-order valence-electron chi connectivity index (χ1n) is 4.32. The molecule has 0 aliphatic carbocycles. The summed E-state index contributed by atoms with van der Waals surface area (Å²) in [5, 5.41) is 8.94. The van der Waals surface area contributed by atoms with Crippen LogP contribution in [0.25, 0.3) is 0 Å². The van der Waals surface area contributed by atoms with Crippen LogP contribution in [0.3, 0.4) is 0 Å². The van der Waals surface area contributed by atoms with Crippen LogP contribution in [-0.4, -0.2) is 17.7 Å². The molecule has 0 unspecified atom stereocenters. The molecule has 0 fully saturated rings. The van der Waals surface area contributed by atoms with Gasteiger partial charge in [-0.2, -0.15) is 0 Å². The second-order valence-electron chi connectivity index (χ2n) is 3.15. The molecule has 0 saturated heterocycles. The third kappa shape index (κ3) is 1.55. The van der Waals surface area contributed by atoms with Gasteiger partial charge in [-0.15, -0.1) is 0 Å². The predicted octanol–water partition coefficient (Wildman–Crippen LogP) is 2.15. The zero-order chi connectivity index (χ0) is 10.1. The molecule has 0 amide bonds. The van der Waals surface area contributed by atoms with E-state index in [2.05, 4.69) is 15.9 Å². The maximum atomic E-state index is 10.9. The third-order valence-corrected chi connectivity index (χ3v) is 3.04. The third-order valence-electron chi connectivity index (χ3n) is 2.30. The fourth-order valence-electron chi connectivity index (χ4n) is 1.66. The minimum Gasteiger partial charge on any atom is -0.479 e. The zero-order valence-electron chi connectivity index (χ0n) is 7.37. The van der Waals surface area contributed by atoms with Crippen LogP contribution >= 0.6 is 15.9 Å². The lowest BCUT2D eigenvalue weighted by molar-refractivity contribution is -0.151. The van der Waals surface area contributed by atoms with Crippen LogP contribution in [0.4, 0.5) is 0 Å². The maximum absolute atomic E-state index is 10.9. The Bertz CT molecular complexity index is 376. The summed E-state index contributed by atoms with van der Waals surface area (Å²) in [6.07, 6.45) is -0.0446. The molecule has 1 aromatic rings. The molecule has 0 saturated carbocycles. The van der Waals surface area contributed by atoms with Gasteiger partial charge in [-0.05, 0) is 23.6 Å². The van der Waals surface area contributed by atoms with E-state index in [1.165, 1.54) is 0 Å². The van der Waals surface area contributed by atoms with Crippen LogP contribution in [0.5, 0.6) is 0 Å². The van der Waals surface area contributed by atoms with Gasteiger partial charge in [0.1, 0.15) is 0 Å². The van der Waals surface area contributed by atoms with Gasteiger partial charge in [0, 0.05) is 4.47 Å². The van der Waals surface area contributed by atoms with Gasteiger partial charge in [0.05, 0.1) is 6.61 Å². The van der Waals surface area contributed by atoms with Crippen molar-refractivity contribution >= 4 is 21.9 Å². The molecule has 1 atom stereocenters. The molecule has 1 N–H and O–H groups in total. The lowest BCUT2D eigenvalue weighted by Crippen LogP contribution is -2.23. The molecular weight excluding hydrogens is 248 g/mol. The number of halogens is 1. The van der Waals surface area contributed by atoms with Crippen molar-refractivity contribution < 1.29 is 14.6 Å². The second kappa shape index (κ2) is 3.71. The predicted molar refractivity (Wildman–Crippen MR) is 54.2 cm³/mol.